The molecule has 0 amide bonds. The molecule has 1 heterocycles. The van der Waals surface area contributed by atoms with Gasteiger partial charge in [-0.2, -0.15) is 0 Å². The second-order valence-corrected chi connectivity index (χ2v) is 10.8. The van der Waals surface area contributed by atoms with Crippen LogP contribution in [0.2, 0.25) is 0 Å². The van der Waals surface area contributed by atoms with Gasteiger partial charge in [0.05, 0.1) is 16.3 Å². The Morgan fingerprint density at radius 1 is 1.04 bits per heavy atom. The van der Waals surface area contributed by atoms with Crippen molar-refractivity contribution in [2.45, 2.75) is 63.3 Å². The Balaban J connectivity index is 1.95. The standard InChI is InChI=1S/C17H26N2O4S2/c1-13-11-16(19-9-5-6-10-24(19,20)21)12-14(2)17(13)25(22,23)18-15-7-3-4-8-15/h11-12,15,18H,3-10H2,1-2H3. The number of benzene rings is 1. The number of nitrogens with zero attached hydrogens (tertiary/aromatic N) is 1. The van der Waals surface area contributed by atoms with Gasteiger partial charge < -0.3 is 0 Å². The van der Waals surface area contributed by atoms with Gasteiger partial charge in [0.15, 0.2) is 0 Å². The topological polar surface area (TPSA) is 83.6 Å². The highest BCUT2D eigenvalue weighted by Gasteiger charge is 2.29. The van der Waals surface area contributed by atoms with Crippen LogP contribution in [-0.4, -0.2) is 35.2 Å². The van der Waals surface area contributed by atoms with Gasteiger partial charge in [0.2, 0.25) is 20.0 Å². The van der Waals surface area contributed by atoms with E-state index in [2.05, 4.69) is 4.72 Å². The highest BCUT2D eigenvalue weighted by molar-refractivity contribution is 7.92. The zero-order valence-electron chi connectivity index (χ0n) is 14.8. The Hall–Kier alpha value is -1.12. The first-order chi connectivity index (χ1) is 11.7. The summed E-state index contributed by atoms with van der Waals surface area (Å²) in [6, 6.07) is 3.36. The SMILES string of the molecule is Cc1cc(N2CCCCS2(=O)=O)cc(C)c1S(=O)(=O)NC1CCCC1. The molecule has 0 unspecified atom stereocenters. The van der Waals surface area contributed by atoms with Crippen molar-refractivity contribution >= 4 is 25.7 Å². The van der Waals surface area contributed by atoms with Crippen molar-refractivity contribution in [1.29, 1.82) is 0 Å². The normalized spacial score (nSPS) is 21.6. The molecular formula is C17H26N2O4S2. The zero-order chi connectivity index (χ0) is 18.2. The predicted molar refractivity (Wildman–Crippen MR) is 98.9 cm³/mol. The van der Waals surface area contributed by atoms with Crippen molar-refractivity contribution in [3.63, 3.8) is 0 Å². The molecule has 1 aliphatic carbocycles. The Bertz CT molecular complexity index is 834. The molecule has 140 valence electrons. The Morgan fingerprint density at radius 3 is 2.20 bits per heavy atom. The molecule has 1 aromatic carbocycles. The van der Waals surface area contributed by atoms with Crippen molar-refractivity contribution in [1.82, 2.24) is 4.72 Å². The minimum atomic E-state index is -3.60. The van der Waals surface area contributed by atoms with E-state index in [9.17, 15) is 16.8 Å². The van der Waals surface area contributed by atoms with E-state index in [1.807, 2.05) is 0 Å². The van der Waals surface area contributed by atoms with Crippen LogP contribution < -0.4 is 9.03 Å². The third kappa shape index (κ3) is 3.85. The van der Waals surface area contributed by atoms with Gasteiger partial charge in [0, 0.05) is 12.6 Å². The van der Waals surface area contributed by atoms with E-state index in [4.69, 9.17) is 0 Å². The van der Waals surface area contributed by atoms with Crippen molar-refractivity contribution in [3.05, 3.63) is 23.3 Å². The zero-order valence-corrected chi connectivity index (χ0v) is 16.4. The summed E-state index contributed by atoms with van der Waals surface area (Å²) in [5.74, 6) is 0.147. The van der Waals surface area contributed by atoms with Gasteiger partial charge in [-0.05, 0) is 62.8 Å². The molecule has 0 aromatic heterocycles. The lowest BCUT2D eigenvalue weighted by molar-refractivity contribution is 0.551. The average molecular weight is 387 g/mol. The van der Waals surface area contributed by atoms with Gasteiger partial charge in [-0.25, -0.2) is 21.6 Å². The van der Waals surface area contributed by atoms with Crippen LogP contribution in [0, 0.1) is 13.8 Å². The summed E-state index contributed by atoms with van der Waals surface area (Å²) in [5, 5.41) is 0. The van der Waals surface area contributed by atoms with Crippen LogP contribution in [-0.2, 0) is 20.0 Å². The van der Waals surface area contributed by atoms with E-state index < -0.39 is 20.0 Å². The smallest absolute Gasteiger partial charge is 0.241 e. The minimum Gasteiger partial charge on any atom is -0.270 e. The second-order valence-electron chi connectivity index (χ2n) is 7.11. The Morgan fingerprint density at radius 2 is 1.64 bits per heavy atom. The summed E-state index contributed by atoms with van der Waals surface area (Å²) in [5.41, 5.74) is 1.73. The minimum absolute atomic E-state index is 0.00551. The maximum atomic E-state index is 12.8. The molecule has 25 heavy (non-hydrogen) atoms. The van der Waals surface area contributed by atoms with E-state index in [0.717, 1.165) is 32.1 Å². The number of aryl methyl sites for hydroxylation is 2. The van der Waals surface area contributed by atoms with E-state index in [1.54, 1.807) is 26.0 Å². The molecular weight excluding hydrogens is 360 g/mol. The molecule has 1 aliphatic heterocycles. The van der Waals surface area contributed by atoms with Crippen LogP contribution in [0.4, 0.5) is 5.69 Å². The summed E-state index contributed by atoms with van der Waals surface area (Å²) in [6.07, 6.45) is 5.35. The first kappa shape index (κ1) is 18.7. The van der Waals surface area contributed by atoms with Gasteiger partial charge in [-0.15, -0.1) is 0 Å². The number of hydrogen-bond acceptors (Lipinski definition) is 4. The van der Waals surface area contributed by atoms with Gasteiger partial charge in [0.25, 0.3) is 0 Å². The fourth-order valence-corrected chi connectivity index (χ4v) is 7.28. The summed E-state index contributed by atoms with van der Waals surface area (Å²) in [4.78, 5) is 0.276. The molecule has 2 aliphatic rings. The van der Waals surface area contributed by atoms with E-state index in [-0.39, 0.29) is 16.7 Å². The van der Waals surface area contributed by atoms with Crippen LogP contribution in [0.3, 0.4) is 0 Å². The molecule has 0 bridgehead atoms. The number of hydrogen-bond donors (Lipinski definition) is 1. The first-order valence-corrected chi connectivity index (χ1v) is 11.9. The number of sulfonamides is 2. The lowest BCUT2D eigenvalue weighted by Gasteiger charge is -2.29. The van der Waals surface area contributed by atoms with Crippen LogP contribution in [0.15, 0.2) is 17.0 Å². The van der Waals surface area contributed by atoms with Crippen LogP contribution >= 0.6 is 0 Å². The molecule has 3 rings (SSSR count). The summed E-state index contributed by atoms with van der Waals surface area (Å²) >= 11 is 0. The van der Waals surface area contributed by atoms with Gasteiger partial charge >= 0.3 is 0 Å². The summed E-state index contributed by atoms with van der Waals surface area (Å²) < 4.78 is 54.5. The first-order valence-electron chi connectivity index (χ1n) is 8.85. The predicted octanol–water partition coefficient (Wildman–Crippen LogP) is 2.45. The number of rotatable bonds is 4. The lowest BCUT2D eigenvalue weighted by Crippen LogP contribution is -2.38. The largest absolute Gasteiger partial charge is 0.270 e. The molecule has 2 fully saturated rings. The van der Waals surface area contributed by atoms with E-state index in [0.29, 0.717) is 29.8 Å². The van der Waals surface area contributed by atoms with Gasteiger partial charge in [-0.1, -0.05) is 12.8 Å². The van der Waals surface area contributed by atoms with Crippen LogP contribution in [0.25, 0.3) is 0 Å². The fraction of sp³-hybridized carbons (Fsp3) is 0.647. The molecule has 1 saturated heterocycles. The van der Waals surface area contributed by atoms with E-state index in [1.165, 1.54) is 4.31 Å². The molecule has 6 nitrogen and oxygen atoms in total. The highest BCUT2D eigenvalue weighted by atomic mass is 32.2. The number of anilines is 1. The quantitative estimate of drug-likeness (QED) is 0.861. The maximum absolute atomic E-state index is 12.8. The Labute approximate surface area is 150 Å². The molecule has 1 aromatic rings. The lowest BCUT2D eigenvalue weighted by atomic mass is 10.1. The van der Waals surface area contributed by atoms with Crippen molar-refractivity contribution < 1.29 is 16.8 Å². The summed E-state index contributed by atoms with van der Waals surface area (Å²) in [7, 11) is -6.91. The maximum Gasteiger partial charge on any atom is 0.241 e. The monoisotopic (exact) mass is 386 g/mol. The Kier molecular flexibility index (Phi) is 5.14. The molecule has 0 atom stereocenters. The molecule has 0 spiro atoms. The average Bonchev–Trinajstić information content (AvgIpc) is 2.97. The molecule has 0 radical (unpaired) electrons. The van der Waals surface area contributed by atoms with Crippen molar-refractivity contribution in [2.24, 2.45) is 0 Å². The molecule has 1 N–H and O–H groups in total. The molecule has 8 heteroatoms. The van der Waals surface area contributed by atoms with Crippen LogP contribution in [0.5, 0.6) is 0 Å². The van der Waals surface area contributed by atoms with Gasteiger partial charge in [0.1, 0.15) is 0 Å². The molecule has 1 saturated carbocycles. The second kappa shape index (κ2) is 6.89. The van der Waals surface area contributed by atoms with Crippen LogP contribution in [0.1, 0.15) is 49.7 Å². The van der Waals surface area contributed by atoms with Crippen molar-refractivity contribution in [2.75, 3.05) is 16.6 Å². The van der Waals surface area contributed by atoms with Crippen molar-refractivity contribution in [3.8, 4) is 0 Å². The third-order valence-corrected chi connectivity index (χ3v) is 8.72. The van der Waals surface area contributed by atoms with Gasteiger partial charge in [-0.3, -0.25) is 4.31 Å². The van der Waals surface area contributed by atoms with E-state index >= 15 is 0 Å². The fourth-order valence-electron chi connectivity index (χ4n) is 3.90. The summed E-state index contributed by atoms with van der Waals surface area (Å²) in [6.45, 7) is 3.92. The third-order valence-electron chi connectivity index (χ3n) is 5.03. The highest BCUT2D eigenvalue weighted by Crippen LogP contribution is 2.31. The number of nitrogens with one attached hydrogen (secondary N) is 1.